The number of anilines is 3. The van der Waals surface area contributed by atoms with Crippen molar-refractivity contribution in [2.45, 2.75) is 6.42 Å². The van der Waals surface area contributed by atoms with Gasteiger partial charge in [0, 0.05) is 37.2 Å². The Morgan fingerprint density at radius 2 is 1.97 bits per heavy atom. The van der Waals surface area contributed by atoms with Gasteiger partial charge < -0.3 is 25.2 Å². The molecule has 30 heavy (non-hydrogen) atoms. The molecule has 0 saturated carbocycles. The van der Waals surface area contributed by atoms with Gasteiger partial charge in [0.2, 0.25) is 5.95 Å². The van der Waals surface area contributed by atoms with Crippen LogP contribution in [-0.2, 0) is 4.74 Å². The van der Waals surface area contributed by atoms with Gasteiger partial charge in [-0.3, -0.25) is 4.98 Å². The van der Waals surface area contributed by atoms with Crippen LogP contribution in [0.2, 0.25) is 0 Å². The molecule has 0 bridgehead atoms. The van der Waals surface area contributed by atoms with Crippen molar-refractivity contribution in [2.75, 3.05) is 38.0 Å². The zero-order chi connectivity index (χ0) is 21.3. The molecule has 0 aliphatic carbocycles. The van der Waals surface area contributed by atoms with E-state index in [2.05, 4.69) is 25.6 Å². The van der Waals surface area contributed by atoms with E-state index in [0.717, 1.165) is 0 Å². The molecule has 0 spiro atoms. The molecule has 156 valence electrons. The maximum Gasteiger partial charge on any atom is 0.341 e. The molecule has 9 heteroatoms. The van der Waals surface area contributed by atoms with Gasteiger partial charge in [-0.15, -0.1) is 0 Å². The zero-order valence-electron chi connectivity index (χ0n) is 16.8. The summed E-state index contributed by atoms with van der Waals surface area (Å²) in [6.07, 6.45) is 2.27. The Labute approximate surface area is 174 Å². The van der Waals surface area contributed by atoms with Crippen LogP contribution in [0.4, 0.5) is 17.5 Å². The molecule has 0 aliphatic heterocycles. The van der Waals surface area contributed by atoms with Crippen molar-refractivity contribution < 1.29 is 19.4 Å². The van der Waals surface area contributed by atoms with E-state index >= 15 is 0 Å². The Kier molecular flexibility index (Phi) is 7.12. The van der Waals surface area contributed by atoms with Crippen LogP contribution in [0.5, 0.6) is 5.75 Å². The molecule has 2 aromatic heterocycles. The number of benzene rings is 1. The summed E-state index contributed by atoms with van der Waals surface area (Å²) in [7, 11) is 2.80. The molecule has 0 aliphatic rings. The second-order valence-corrected chi connectivity index (χ2v) is 6.21. The summed E-state index contributed by atoms with van der Waals surface area (Å²) in [4.78, 5) is 25.2. The Morgan fingerprint density at radius 3 is 2.67 bits per heavy atom. The quantitative estimate of drug-likeness (QED) is 0.362. The number of hydrogen-bond acceptors (Lipinski definition) is 9. The number of nitrogens with one attached hydrogen (secondary N) is 2. The molecule has 0 atom stereocenters. The highest BCUT2D eigenvalue weighted by atomic mass is 16.5. The molecule has 2 heterocycles. The van der Waals surface area contributed by atoms with E-state index in [1.54, 1.807) is 30.5 Å². The van der Waals surface area contributed by atoms with Crippen LogP contribution in [-0.4, -0.2) is 53.4 Å². The van der Waals surface area contributed by atoms with Crippen molar-refractivity contribution in [1.29, 1.82) is 0 Å². The predicted octanol–water partition coefficient (Wildman–Crippen LogP) is 2.87. The Balaban J connectivity index is 1.92. The average Bonchev–Trinajstić information content (AvgIpc) is 2.79. The summed E-state index contributed by atoms with van der Waals surface area (Å²) >= 11 is 0. The van der Waals surface area contributed by atoms with Gasteiger partial charge in [0.15, 0.2) is 0 Å². The van der Waals surface area contributed by atoms with E-state index in [-0.39, 0.29) is 6.61 Å². The van der Waals surface area contributed by atoms with E-state index in [0.29, 0.717) is 53.1 Å². The lowest BCUT2D eigenvalue weighted by Crippen LogP contribution is -2.09. The number of pyridine rings is 1. The number of aliphatic hydroxyl groups is 1. The van der Waals surface area contributed by atoms with Gasteiger partial charge in [-0.05, 0) is 30.7 Å². The third-order valence-corrected chi connectivity index (χ3v) is 4.15. The number of ether oxygens (including phenoxy) is 2. The van der Waals surface area contributed by atoms with Crippen molar-refractivity contribution in [2.24, 2.45) is 0 Å². The highest BCUT2D eigenvalue weighted by Crippen LogP contribution is 2.27. The highest BCUT2D eigenvalue weighted by molar-refractivity contribution is 5.93. The van der Waals surface area contributed by atoms with Gasteiger partial charge >= 0.3 is 5.97 Å². The summed E-state index contributed by atoms with van der Waals surface area (Å²) in [5, 5.41) is 15.3. The third kappa shape index (κ3) is 5.21. The van der Waals surface area contributed by atoms with Gasteiger partial charge in [0.05, 0.1) is 25.6 Å². The molecule has 0 fully saturated rings. The van der Waals surface area contributed by atoms with Crippen LogP contribution >= 0.6 is 0 Å². The lowest BCUT2D eigenvalue weighted by molar-refractivity contribution is 0.0597. The second kappa shape index (κ2) is 10.2. The maximum absolute atomic E-state index is 11.9. The second-order valence-electron chi connectivity index (χ2n) is 6.21. The van der Waals surface area contributed by atoms with E-state index in [9.17, 15) is 4.79 Å². The molecule has 3 aromatic rings. The first-order valence-corrected chi connectivity index (χ1v) is 9.33. The fraction of sp³-hybridized carbons (Fsp3) is 0.238. The maximum atomic E-state index is 11.9. The molecule has 0 unspecified atom stereocenters. The largest absolute Gasteiger partial charge is 0.496 e. The Hall–Kier alpha value is -3.72. The lowest BCUT2D eigenvalue weighted by atomic mass is 10.1. The average molecular weight is 409 g/mol. The minimum absolute atomic E-state index is 0.0738. The van der Waals surface area contributed by atoms with Crippen LogP contribution in [0.15, 0.2) is 48.7 Å². The van der Waals surface area contributed by atoms with Crippen LogP contribution in [0, 0.1) is 0 Å². The number of carbonyl (C=O) groups is 1. The Morgan fingerprint density at radius 1 is 1.10 bits per heavy atom. The summed E-state index contributed by atoms with van der Waals surface area (Å²) in [6, 6.07) is 12.4. The molecule has 1 aromatic carbocycles. The van der Waals surface area contributed by atoms with Gasteiger partial charge in [-0.2, -0.15) is 4.98 Å². The topological polar surface area (TPSA) is 118 Å². The lowest BCUT2D eigenvalue weighted by Gasteiger charge is -2.13. The molecule has 3 N–H and O–H groups in total. The third-order valence-electron chi connectivity index (χ3n) is 4.15. The smallest absolute Gasteiger partial charge is 0.341 e. The van der Waals surface area contributed by atoms with E-state index in [1.807, 2.05) is 18.2 Å². The molecular formula is C21H23N5O4. The van der Waals surface area contributed by atoms with Crippen molar-refractivity contribution in [3.05, 3.63) is 54.2 Å². The molecule has 0 saturated heterocycles. The fourth-order valence-corrected chi connectivity index (χ4v) is 2.71. The van der Waals surface area contributed by atoms with Crippen LogP contribution < -0.4 is 15.4 Å². The minimum atomic E-state index is -0.478. The molecule has 3 rings (SSSR count). The summed E-state index contributed by atoms with van der Waals surface area (Å²) in [5.74, 6) is 0.845. The van der Waals surface area contributed by atoms with Gasteiger partial charge in [-0.1, -0.05) is 6.07 Å². The fourth-order valence-electron chi connectivity index (χ4n) is 2.71. The Bertz CT molecular complexity index is 998. The number of methoxy groups -OCH3 is 2. The number of rotatable bonds is 9. The first-order chi connectivity index (χ1) is 14.6. The van der Waals surface area contributed by atoms with E-state index < -0.39 is 5.97 Å². The summed E-state index contributed by atoms with van der Waals surface area (Å²) in [5.41, 5.74) is 2.34. The molecular weight excluding hydrogens is 386 g/mol. The number of esters is 1. The molecule has 0 radical (unpaired) electrons. The summed E-state index contributed by atoms with van der Waals surface area (Å²) < 4.78 is 10.1. The standard InChI is InChI=1S/C21H23N5O4/c1-29-18-12-14(7-8-15(18)20(28)30-2)24-19-13-17(16-6-3-4-9-22-16)25-21(26-19)23-10-5-11-27/h3-4,6-9,12-13,27H,5,10-11H2,1-2H3,(H2,23,24,25,26). The summed E-state index contributed by atoms with van der Waals surface area (Å²) in [6.45, 7) is 0.605. The molecule has 9 nitrogen and oxygen atoms in total. The van der Waals surface area contributed by atoms with E-state index in [1.165, 1.54) is 14.2 Å². The molecule has 0 amide bonds. The van der Waals surface area contributed by atoms with Crippen molar-refractivity contribution in [3.63, 3.8) is 0 Å². The van der Waals surface area contributed by atoms with Crippen LogP contribution in [0.25, 0.3) is 11.4 Å². The number of carbonyl (C=O) groups excluding carboxylic acids is 1. The van der Waals surface area contributed by atoms with Crippen molar-refractivity contribution in [1.82, 2.24) is 15.0 Å². The first-order valence-electron chi connectivity index (χ1n) is 9.33. The first kappa shape index (κ1) is 21.0. The van der Waals surface area contributed by atoms with Gasteiger partial charge in [0.25, 0.3) is 0 Å². The number of aromatic nitrogens is 3. The van der Waals surface area contributed by atoms with E-state index in [4.69, 9.17) is 14.6 Å². The number of nitrogens with zero attached hydrogens (tertiary/aromatic N) is 3. The predicted molar refractivity (Wildman–Crippen MR) is 113 cm³/mol. The van der Waals surface area contributed by atoms with Gasteiger partial charge in [-0.25, -0.2) is 9.78 Å². The zero-order valence-corrected chi connectivity index (χ0v) is 16.8. The monoisotopic (exact) mass is 409 g/mol. The number of aliphatic hydroxyl groups excluding tert-OH is 1. The SMILES string of the molecule is COC(=O)c1ccc(Nc2cc(-c3ccccn3)nc(NCCCO)n2)cc1OC. The highest BCUT2D eigenvalue weighted by Gasteiger charge is 2.14. The minimum Gasteiger partial charge on any atom is -0.496 e. The van der Waals surface area contributed by atoms with Crippen molar-refractivity contribution >= 4 is 23.4 Å². The van der Waals surface area contributed by atoms with Crippen LogP contribution in [0.1, 0.15) is 16.8 Å². The normalized spacial score (nSPS) is 10.4. The van der Waals surface area contributed by atoms with Crippen LogP contribution in [0.3, 0.4) is 0 Å². The number of hydrogen-bond donors (Lipinski definition) is 3. The van der Waals surface area contributed by atoms with Gasteiger partial charge in [0.1, 0.15) is 17.1 Å². The van der Waals surface area contributed by atoms with Crippen molar-refractivity contribution in [3.8, 4) is 17.1 Å².